The number of sulfone groups is 1. The standard InChI is InChI=1S/C11H8FN3O2S/c1-18(16,17)9-2-3-10(12)11(4-9)15-7-8(5-13)6-14/h2-4,7,15H,1H3. The molecule has 7 heteroatoms. The van der Waals surface area contributed by atoms with E-state index in [1.165, 1.54) is 0 Å². The molecular weight excluding hydrogens is 257 g/mol. The fraction of sp³-hybridized carbons (Fsp3) is 0.0909. The Morgan fingerprint density at radius 2 is 2.00 bits per heavy atom. The maximum atomic E-state index is 13.4. The van der Waals surface area contributed by atoms with E-state index in [1.807, 2.05) is 0 Å². The second-order valence-electron chi connectivity index (χ2n) is 3.34. The third-order valence-electron chi connectivity index (χ3n) is 1.98. The molecule has 1 aromatic carbocycles. The molecule has 0 atom stereocenters. The highest BCUT2D eigenvalue weighted by Gasteiger charge is 2.10. The van der Waals surface area contributed by atoms with Gasteiger partial charge in [0, 0.05) is 12.5 Å². The number of anilines is 1. The Kier molecular flexibility index (Phi) is 4.03. The topological polar surface area (TPSA) is 93.8 Å². The normalized spacial score (nSPS) is 10.0. The van der Waals surface area contributed by atoms with E-state index < -0.39 is 15.7 Å². The summed E-state index contributed by atoms with van der Waals surface area (Å²) in [6, 6.07) is 6.38. The van der Waals surface area contributed by atoms with Crippen molar-refractivity contribution in [3.05, 3.63) is 35.8 Å². The number of halogens is 1. The Morgan fingerprint density at radius 3 is 2.50 bits per heavy atom. The highest BCUT2D eigenvalue weighted by atomic mass is 32.2. The van der Waals surface area contributed by atoms with Gasteiger partial charge in [0.05, 0.1) is 10.6 Å². The summed E-state index contributed by atoms with van der Waals surface area (Å²) in [5.74, 6) is -0.686. The van der Waals surface area contributed by atoms with Gasteiger partial charge in [0.25, 0.3) is 0 Å². The van der Waals surface area contributed by atoms with E-state index in [4.69, 9.17) is 10.5 Å². The zero-order valence-corrected chi connectivity index (χ0v) is 10.1. The molecule has 0 aliphatic carbocycles. The van der Waals surface area contributed by atoms with E-state index >= 15 is 0 Å². The van der Waals surface area contributed by atoms with Crippen molar-refractivity contribution in [2.75, 3.05) is 11.6 Å². The molecule has 0 unspecified atom stereocenters. The van der Waals surface area contributed by atoms with Crippen LogP contribution in [0.15, 0.2) is 34.9 Å². The first-order valence-corrected chi connectivity index (χ1v) is 6.54. The maximum absolute atomic E-state index is 13.4. The van der Waals surface area contributed by atoms with Crippen molar-refractivity contribution in [2.24, 2.45) is 0 Å². The lowest BCUT2D eigenvalue weighted by molar-refractivity contribution is 0.600. The van der Waals surface area contributed by atoms with Gasteiger partial charge in [0.1, 0.15) is 23.5 Å². The quantitative estimate of drug-likeness (QED) is 0.661. The van der Waals surface area contributed by atoms with Crippen molar-refractivity contribution in [1.29, 1.82) is 10.5 Å². The smallest absolute Gasteiger partial charge is 0.175 e. The lowest BCUT2D eigenvalue weighted by atomic mass is 10.3. The first-order chi connectivity index (χ1) is 8.38. The SMILES string of the molecule is CS(=O)(=O)c1ccc(F)c(NC=C(C#N)C#N)c1. The van der Waals surface area contributed by atoms with Gasteiger partial charge >= 0.3 is 0 Å². The minimum atomic E-state index is -3.45. The molecule has 1 rings (SSSR count). The summed E-state index contributed by atoms with van der Waals surface area (Å²) in [7, 11) is -3.45. The van der Waals surface area contributed by atoms with Crippen LogP contribution in [-0.2, 0) is 9.84 Å². The number of nitrogens with zero attached hydrogens (tertiary/aromatic N) is 2. The molecule has 0 radical (unpaired) electrons. The molecule has 0 spiro atoms. The molecule has 0 fully saturated rings. The number of hydrogen-bond donors (Lipinski definition) is 1. The fourth-order valence-corrected chi connectivity index (χ4v) is 1.73. The monoisotopic (exact) mass is 265 g/mol. The Hall–Kier alpha value is -2.38. The van der Waals surface area contributed by atoms with E-state index in [9.17, 15) is 12.8 Å². The third kappa shape index (κ3) is 3.30. The fourth-order valence-electron chi connectivity index (χ4n) is 1.09. The zero-order valence-electron chi connectivity index (χ0n) is 9.31. The molecule has 0 amide bonds. The summed E-state index contributed by atoms with van der Waals surface area (Å²) in [4.78, 5) is -0.0599. The van der Waals surface area contributed by atoms with Crippen molar-refractivity contribution in [2.45, 2.75) is 4.90 Å². The van der Waals surface area contributed by atoms with E-state index in [2.05, 4.69) is 5.32 Å². The molecule has 92 valence electrons. The van der Waals surface area contributed by atoms with Crippen molar-refractivity contribution >= 4 is 15.5 Å². The number of benzene rings is 1. The van der Waals surface area contributed by atoms with Crippen molar-refractivity contribution in [3.8, 4) is 12.1 Å². The summed E-state index contributed by atoms with van der Waals surface area (Å²) >= 11 is 0. The predicted octanol–water partition coefficient (Wildman–Crippen LogP) is 1.57. The van der Waals surface area contributed by atoms with Gasteiger partial charge in [-0.2, -0.15) is 10.5 Å². The molecule has 0 saturated carbocycles. The Balaban J connectivity index is 3.16. The molecule has 18 heavy (non-hydrogen) atoms. The molecule has 0 aliphatic rings. The first-order valence-electron chi connectivity index (χ1n) is 4.65. The minimum absolute atomic E-state index is 0.0599. The molecule has 5 nitrogen and oxygen atoms in total. The zero-order chi connectivity index (χ0) is 13.8. The van der Waals surface area contributed by atoms with Crippen LogP contribution in [0, 0.1) is 28.5 Å². The molecular formula is C11H8FN3O2S. The van der Waals surface area contributed by atoms with Crippen LogP contribution in [0.5, 0.6) is 0 Å². The van der Waals surface area contributed by atoms with Gasteiger partial charge in [-0.05, 0) is 18.2 Å². The van der Waals surface area contributed by atoms with Crippen LogP contribution >= 0.6 is 0 Å². The number of allylic oxidation sites excluding steroid dienone is 1. The van der Waals surface area contributed by atoms with E-state index in [-0.39, 0.29) is 16.2 Å². The number of nitrogens with one attached hydrogen (secondary N) is 1. The molecule has 0 heterocycles. The van der Waals surface area contributed by atoms with E-state index in [1.54, 1.807) is 12.1 Å². The highest BCUT2D eigenvalue weighted by Crippen LogP contribution is 2.19. The van der Waals surface area contributed by atoms with Crippen molar-refractivity contribution in [1.82, 2.24) is 0 Å². The Labute approximate surface area is 104 Å². The molecule has 0 bridgehead atoms. The first kappa shape index (κ1) is 13.7. The summed E-state index contributed by atoms with van der Waals surface area (Å²) in [6.45, 7) is 0. The summed E-state index contributed by atoms with van der Waals surface area (Å²) in [5.41, 5.74) is -0.375. The van der Waals surface area contributed by atoms with Gasteiger partial charge in [-0.25, -0.2) is 12.8 Å². The van der Waals surface area contributed by atoms with Crippen LogP contribution in [0.2, 0.25) is 0 Å². The minimum Gasteiger partial charge on any atom is -0.357 e. The Morgan fingerprint density at radius 1 is 1.39 bits per heavy atom. The van der Waals surface area contributed by atoms with Crippen LogP contribution < -0.4 is 5.32 Å². The molecule has 0 aliphatic heterocycles. The highest BCUT2D eigenvalue weighted by molar-refractivity contribution is 7.90. The number of rotatable bonds is 3. The van der Waals surface area contributed by atoms with E-state index in [0.29, 0.717) is 0 Å². The molecule has 0 aromatic heterocycles. The Bertz CT molecular complexity index is 665. The maximum Gasteiger partial charge on any atom is 0.175 e. The van der Waals surface area contributed by atoms with Crippen molar-refractivity contribution in [3.63, 3.8) is 0 Å². The van der Waals surface area contributed by atoms with Crippen molar-refractivity contribution < 1.29 is 12.8 Å². The van der Waals surface area contributed by atoms with Crippen LogP contribution in [0.4, 0.5) is 10.1 Å². The van der Waals surface area contributed by atoms with Crippen LogP contribution in [0.3, 0.4) is 0 Å². The van der Waals surface area contributed by atoms with Crippen LogP contribution in [0.25, 0.3) is 0 Å². The number of nitriles is 2. The van der Waals surface area contributed by atoms with Gasteiger partial charge in [-0.1, -0.05) is 0 Å². The summed E-state index contributed by atoms with van der Waals surface area (Å²) in [6.07, 6.45) is 2.00. The second kappa shape index (κ2) is 5.30. The lowest BCUT2D eigenvalue weighted by Crippen LogP contribution is -2.00. The van der Waals surface area contributed by atoms with Gasteiger partial charge in [0.2, 0.25) is 0 Å². The largest absolute Gasteiger partial charge is 0.357 e. The summed E-state index contributed by atoms with van der Waals surface area (Å²) in [5, 5.41) is 19.4. The predicted molar refractivity (Wildman–Crippen MR) is 62.4 cm³/mol. The summed E-state index contributed by atoms with van der Waals surface area (Å²) < 4.78 is 35.9. The van der Waals surface area contributed by atoms with Crippen LogP contribution in [0.1, 0.15) is 0 Å². The van der Waals surface area contributed by atoms with Gasteiger partial charge in [-0.15, -0.1) is 0 Å². The van der Waals surface area contributed by atoms with Gasteiger partial charge in [-0.3, -0.25) is 0 Å². The average molecular weight is 265 g/mol. The lowest BCUT2D eigenvalue weighted by Gasteiger charge is -2.05. The molecule has 0 saturated heterocycles. The average Bonchev–Trinajstić information content (AvgIpc) is 2.31. The molecule has 1 aromatic rings. The molecule has 1 N–H and O–H groups in total. The third-order valence-corrected chi connectivity index (χ3v) is 3.09. The van der Waals surface area contributed by atoms with Gasteiger partial charge < -0.3 is 5.32 Å². The number of hydrogen-bond acceptors (Lipinski definition) is 5. The van der Waals surface area contributed by atoms with Crippen LogP contribution in [-0.4, -0.2) is 14.7 Å². The van der Waals surface area contributed by atoms with E-state index in [0.717, 1.165) is 30.7 Å². The van der Waals surface area contributed by atoms with Gasteiger partial charge in [0.15, 0.2) is 9.84 Å². The second-order valence-corrected chi connectivity index (χ2v) is 5.36.